The second kappa shape index (κ2) is 4.56. The lowest BCUT2D eigenvalue weighted by molar-refractivity contribution is -0.137. The number of rotatable bonds is 1. The summed E-state index contributed by atoms with van der Waals surface area (Å²) >= 11 is 5.94. The van der Waals surface area contributed by atoms with Crippen molar-refractivity contribution in [3.05, 3.63) is 35.1 Å². The molecule has 0 unspecified atom stereocenters. The summed E-state index contributed by atoms with van der Waals surface area (Å²) in [6.07, 6.45) is 2.00. The maximum Gasteiger partial charge on any atom is 0.246 e. The van der Waals surface area contributed by atoms with E-state index in [2.05, 4.69) is 10.2 Å². The van der Waals surface area contributed by atoms with Gasteiger partial charge in [0.2, 0.25) is 5.91 Å². The molecule has 2 atom stereocenters. The average Bonchev–Trinajstić information content (AvgIpc) is 3.12. The van der Waals surface area contributed by atoms with Gasteiger partial charge in [0.15, 0.2) is 11.6 Å². The molecule has 0 aliphatic carbocycles. The Morgan fingerprint density at radius 1 is 1.24 bits per heavy atom. The van der Waals surface area contributed by atoms with Crippen LogP contribution in [0.2, 0.25) is 5.02 Å². The Hall–Kier alpha value is -1.88. The van der Waals surface area contributed by atoms with Gasteiger partial charge in [-0.25, -0.2) is 0 Å². The van der Waals surface area contributed by atoms with E-state index >= 15 is 0 Å². The molecule has 1 aromatic heterocycles. The number of halogens is 1. The number of carbonyl (C=O) groups excluding carboxylic acids is 1. The topological polar surface area (TPSA) is 51.0 Å². The fourth-order valence-electron chi connectivity index (χ4n) is 3.36. The van der Waals surface area contributed by atoms with Crippen LogP contribution >= 0.6 is 11.6 Å². The molecule has 0 N–H and O–H groups in total. The third-order valence-electron chi connectivity index (χ3n) is 4.40. The number of fused-ring (bicyclic) bond motifs is 3. The maximum absolute atomic E-state index is 12.5. The molecule has 0 saturated carbocycles. The van der Waals surface area contributed by atoms with Crippen LogP contribution in [0.15, 0.2) is 24.3 Å². The Balaban J connectivity index is 1.86. The van der Waals surface area contributed by atoms with E-state index in [1.54, 1.807) is 0 Å². The minimum Gasteiger partial charge on any atom is -0.331 e. The molecule has 108 valence electrons. The van der Waals surface area contributed by atoms with E-state index in [4.69, 9.17) is 11.6 Å². The summed E-state index contributed by atoms with van der Waals surface area (Å²) < 4.78 is 1.98. The Morgan fingerprint density at radius 2 is 2.00 bits per heavy atom. The van der Waals surface area contributed by atoms with Crippen molar-refractivity contribution < 1.29 is 4.79 Å². The van der Waals surface area contributed by atoms with Crippen molar-refractivity contribution in [1.29, 1.82) is 0 Å². The first-order chi connectivity index (χ1) is 10.2. The summed E-state index contributed by atoms with van der Waals surface area (Å²) in [5, 5.41) is 9.39. The maximum atomic E-state index is 12.5. The lowest BCUT2D eigenvalue weighted by atomic mass is 10.1. The second-order valence-electron chi connectivity index (χ2n) is 5.62. The van der Waals surface area contributed by atoms with Gasteiger partial charge in [-0.1, -0.05) is 11.6 Å². The summed E-state index contributed by atoms with van der Waals surface area (Å²) in [5.74, 6) is 1.82. The zero-order valence-electron chi connectivity index (χ0n) is 11.7. The van der Waals surface area contributed by atoms with Crippen LogP contribution < -0.4 is 0 Å². The molecule has 1 amide bonds. The molecule has 0 bridgehead atoms. The van der Waals surface area contributed by atoms with Crippen LogP contribution in [0, 0.1) is 0 Å². The minimum atomic E-state index is -0.255. The van der Waals surface area contributed by atoms with Crippen molar-refractivity contribution >= 4 is 17.5 Å². The van der Waals surface area contributed by atoms with Gasteiger partial charge in [0, 0.05) is 17.1 Å². The van der Waals surface area contributed by atoms with Gasteiger partial charge in [-0.05, 0) is 44.0 Å². The van der Waals surface area contributed by atoms with Crippen LogP contribution in [0.3, 0.4) is 0 Å². The van der Waals surface area contributed by atoms with Crippen molar-refractivity contribution in [2.45, 2.75) is 31.8 Å². The fourth-order valence-corrected chi connectivity index (χ4v) is 3.48. The Morgan fingerprint density at radius 3 is 2.76 bits per heavy atom. The highest BCUT2D eigenvalue weighted by Gasteiger charge is 2.42. The lowest BCUT2D eigenvalue weighted by Gasteiger charge is -2.34. The Labute approximate surface area is 127 Å². The molecule has 6 heteroatoms. The number of aromatic nitrogens is 3. The van der Waals surface area contributed by atoms with E-state index in [1.165, 1.54) is 0 Å². The van der Waals surface area contributed by atoms with Gasteiger partial charge in [0.25, 0.3) is 0 Å². The Kier molecular flexibility index (Phi) is 2.79. The lowest BCUT2D eigenvalue weighted by Crippen LogP contribution is -2.42. The molecule has 1 saturated heterocycles. The molecular weight excluding hydrogens is 288 g/mol. The van der Waals surface area contributed by atoms with Crippen molar-refractivity contribution in [2.75, 3.05) is 6.54 Å². The monoisotopic (exact) mass is 302 g/mol. The largest absolute Gasteiger partial charge is 0.331 e. The van der Waals surface area contributed by atoms with Crippen LogP contribution in [0.25, 0.3) is 11.4 Å². The fraction of sp³-hybridized carbons (Fsp3) is 0.400. The van der Waals surface area contributed by atoms with Gasteiger partial charge in [-0.15, -0.1) is 10.2 Å². The van der Waals surface area contributed by atoms with E-state index in [9.17, 15) is 4.79 Å². The summed E-state index contributed by atoms with van der Waals surface area (Å²) in [6.45, 7) is 2.75. The highest BCUT2D eigenvalue weighted by Crippen LogP contribution is 2.40. The van der Waals surface area contributed by atoms with Crippen LogP contribution in [0.5, 0.6) is 0 Å². The molecule has 1 fully saturated rings. The summed E-state index contributed by atoms with van der Waals surface area (Å²) in [4.78, 5) is 14.5. The molecule has 3 heterocycles. The predicted octanol–water partition coefficient (Wildman–Crippen LogP) is 2.84. The van der Waals surface area contributed by atoms with Crippen LogP contribution in [-0.4, -0.2) is 32.1 Å². The van der Waals surface area contributed by atoms with Gasteiger partial charge in [-0.2, -0.15) is 0 Å². The predicted molar refractivity (Wildman–Crippen MR) is 78.9 cm³/mol. The molecular formula is C15H15ClN4O. The van der Waals surface area contributed by atoms with Gasteiger partial charge < -0.3 is 4.90 Å². The first kappa shape index (κ1) is 12.8. The van der Waals surface area contributed by atoms with Crippen molar-refractivity contribution in [3.8, 4) is 11.4 Å². The average molecular weight is 303 g/mol. The number of hydrogen-bond donors (Lipinski definition) is 0. The van der Waals surface area contributed by atoms with E-state index in [-0.39, 0.29) is 18.0 Å². The number of amides is 1. The zero-order chi connectivity index (χ0) is 14.6. The summed E-state index contributed by atoms with van der Waals surface area (Å²) in [5.41, 5.74) is 0.934. The third kappa shape index (κ3) is 1.80. The Bertz CT molecular complexity index is 709. The van der Waals surface area contributed by atoms with Gasteiger partial charge >= 0.3 is 0 Å². The molecule has 0 spiro atoms. The van der Waals surface area contributed by atoms with Gasteiger partial charge in [0.05, 0.1) is 6.04 Å². The molecule has 5 nitrogen and oxygen atoms in total. The minimum absolute atomic E-state index is 0.0854. The highest BCUT2D eigenvalue weighted by atomic mass is 35.5. The van der Waals surface area contributed by atoms with Crippen molar-refractivity contribution in [1.82, 2.24) is 19.7 Å². The van der Waals surface area contributed by atoms with Gasteiger partial charge in [-0.3, -0.25) is 9.36 Å². The molecule has 4 rings (SSSR count). The summed E-state index contributed by atoms with van der Waals surface area (Å²) in [7, 11) is 0. The first-order valence-corrected chi connectivity index (χ1v) is 7.56. The molecule has 21 heavy (non-hydrogen) atoms. The zero-order valence-corrected chi connectivity index (χ0v) is 12.4. The van der Waals surface area contributed by atoms with E-state index < -0.39 is 0 Å². The highest BCUT2D eigenvalue weighted by molar-refractivity contribution is 6.30. The molecule has 2 aliphatic rings. The number of hydrogen-bond acceptors (Lipinski definition) is 3. The normalized spacial score (nSPS) is 24.1. The molecule has 1 aromatic carbocycles. The van der Waals surface area contributed by atoms with Crippen LogP contribution in [0.4, 0.5) is 0 Å². The van der Waals surface area contributed by atoms with E-state index in [1.807, 2.05) is 40.7 Å². The standard InChI is InChI=1S/C15H15ClN4O/c1-9-15(21)19-8-2-3-12(19)14-18-17-13(20(9)14)10-4-6-11(16)7-5-10/h4-7,9,12H,2-3,8H2,1H3/t9-,12-/m0/s1. The van der Waals surface area contributed by atoms with E-state index in [0.29, 0.717) is 5.02 Å². The number of nitrogens with zero attached hydrogens (tertiary/aromatic N) is 4. The number of benzene rings is 1. The smallest absolute Gasteiger partial charge is 0.246 e. The SMILES string of the molecule is C[C@H]1C(=O)N2CCC[C@H]2c2nnc(-c3ccc(Cl)cc3)n21. The molecule has 2 aliphatic heterocycles. The third-order valence-corrected chi connectivity index (χ3v) is 4.66. The molecule has 2 aromatic rings. The van der Waals surface area contributed by atoms with Gasteiger partial charge in [0.1, 0.15) is 6.04 Å². The van der Waals surface area contributed by atoms with Crippen LogP contribution in [-0.2, 0) is 4.79 Å². The quantitative estimate of drug-likeness (QED) is 0.814. The van der Waals surface area contributed by atoms with Crippen molar-refractivity contribution in [3.63, 3.8) is 0 Å². The van der Waals surface area contributed by atoms with Crippen LogP contribution in [0.1, 0.15) is 37.7 Å². The van der Waals surface area contributed by atoms with E-state index in [0.717, 1.165) is 36.6 Å². The molecule has 0 radical (unpaired) electrons. The second-order valence-corrected chi connectivity index (χ2v) is 6.06. The first-order valence-electron chi connectivity index (χ1n) is 7.18. The summed E-state index contributed by atoms with van der Waals surface area (Å²) in [6, 6.07) is 7.32. The number of carbonyl (C=O) groups is 1. The van der Waals surface area contributed by atoms with Crippen molar-refractivity contribution in [2.24, 2.45) is 0 Å².